The lowest BCUT2D eigenvalue weighted by molar-refractivity contribution is 0.488. The van der Waals surface area contributed by atoms with Crippen LogP contribution in [0.4, 0.5) is 0 Å². The molecule has 2 N–H and O–H groups in total. The van der Waals surface area contributed by atoms with Crippen LogP contribution in [0.25, 0.3) is 0 Å². The zero-order valence-electron chi connectivity index (χ0n) is 10.8. The molecule has 2 aromatic carbocycles. The van der Waals surface area contributed by atoms with Crippen LogP contribution in [0, 0.1) is 6.92 Å². The Morgan fingerprint density at radius 3 is 2.50 bits per heavy atom. The Kier molecular flexibility index (Phi) is 3.74. The van der Waals surface area contributed by atoms with Crippen LogP contribution >= 0.6 is 11.6 Å². The van der Waals surface area contributed by atoms with Crippen molar-refractivity contribution in [1.82, 2.24) is 0 Å². The molecule has 2 heteroatoms. The highest BCUT2D eigenvalue weighted by atomic mass is 35.5. The minimum Gasteiger partial charge on any atom is -0.321 e. The molecule has 0 spiro atoms. The second-order valence-electron chi connectivity index (χ2n) is 5.04. The molecule has 0 aromatic heterocycles. The van der Waals surface area contributed by atoms with Gasteiger partial charge in [0.1, 0.15) is 0 Å². The van der Waals surface area contributed by atoms with Crippen LogP contribution in [0.5, 0.6) is 0 Å². The van der Waals surface area contributed by atoms with E-state index in [1.807, 2.05) is 30.3 Å². The molecule has 0 aliphatic heterocycles. The molecule has 94 valence electrons. The molecule has 1 unspecified atom stereocenters. The topological polar surface area (TPSA) is 26.0 Å². The third kappa shape index (κ3) is 2.92. The summed E-state index contributed by atoms with van der Waals surface area (Å²) < 4.78 is 0. The zero-order chi connectivity index (χ0) is 13.2. The molecular formula is C16H18ClN. The van der Waals surface area contributed by atoms with Crippen molar-refractivity contribution in [3.8, 4) is 0 Å². The molecule has 0 aliphatic carbocycles. The highest BCUT2D eigenvalue weighted by Crippen LogP contribution is 2.26. The van der Waals surface area contributed by atoms with Crippen molar-refractivity contribution in [2.75, 3.05) is 0 Å². The standard InChI is InChI=1S/C16H18ClN/c1-12-6-3-4-9-15(12)16(2,18)11-13-7-5-8-14(17)10-13/h3-10H,11,18H2,1-2H3. The maximum absolute atomic E-state index is 6.48. The van der Waals surface area contributed by atoms with Crippen LogP contribution < -0.4 is 5.73 Å². The number of nitrogens with two attached hydrogens (primary N) is 1. The van der Waals surface area contributed by atoms with Gasteiger partial charge in [0.15, 0.2) is 0 Å². The van der Waals surface area contributed by atoms with E-state index < -0.39 is 0 Å². The first-order chi connectivity index (χ1) is 8.49. The Balaban J connectivity index is 2.30. The summed E-state index contributed by atoms with van der Waals surface area (Å²) in [5.74, 6) is 0. The summed E-state index contributed by atoms with van der Waals surface area (Å²) in [5, 5.41) is 0.757. The highest BCUT2D eigenvalue weighted by molar-refractivity contribution is 6.30. The van der Waals surface area contributed by atoms with Gasteiger partial charge in [-0.15, -0.1) is 0 Å². The summed E-state index contributed by atoms with van der Waals surface area (Å²) in [6.45, 7) is 4.16. The third-order valence-corrected chi connectivity index (χ3v) is 3.46. The van der Waals surface area contributed by atoms with E-state index in [1.54, 1.807) is 0 Å². The van der Waals surface area contributed by atoms with Gasteiger partial charge in [0.25, 0.3) is 0 Å². The monoisotopic (exact) mass is 259 g/mol. The summed E-state index contributed by atoms with van der Waals surface area (Å²) in [6.07, 6.45) is 0.776. The number of hydrogen-bond acceptors (Lipinski definition) is 1. The molecule has 0 heterocycles. The number of benzene rings is 2. The Hall–Kier alpha value is -1.31. The molecule has 0 radical (unpaired) electrons. The van der Waals surface area contributed by atoms with Gasteiger partial charge in [-0.25, -0.2) is 0 Å². The van der Waals surface area contributed by atoms with Gasteiger partial charge in [-0.3, -0.25) is 0 Å². The largest absolute Gasteiger partial charge is 0.321 e. The molecule has 18 heavy (non-hydrogen) atoms. The molecule has 2 aromatic rings. The van der Waals surface area contributed by atoms with Crippen LogP contribution in [0.15, 0.2) is 48.5 Å². The van der Waals surface area contributed by atoms with Crippen molar-refractivity contribution in [2.45, 2.75) is 25.8 Å². The lowest BCUT2D eigenvalue weighted by Gasteiger charge is -2.27. The molecular weight excluding hydrogens is 242 g/mol. The van der Waals surface area contributed by atoms with E-state index in [-0.39, 0.29) is 5.54 Å². The molecule has 0 amide bonds. The van der Waals surface area contributed by atoms with Gasteiger partial charge in [0, 0.05) is 10.6 Å². The summed E-state index contributed by atoms with van der Waals surface area (Å²) in [6, 6.07) is 16.1. The van der Waals surface area contributed by atoms with E-state index in [2.05, 4.69) is 32.0 Å². The van der Waals surface area contributed by atoms with Gasteiger partial charge in [-0.2, -0.15) is 0 Å². The Bertz CT molecular complexity index is 546. The van der Waals surface area contributed by atoms with Crippen molar-refractivity contribution in [3.05, 3.63) is 70.2 Å². The summed E-state index contributed by atoms with van der Waals surface area (Å²) in [4.78, 5) is 0. The van der Waals surface area contributed by atoms with Gasteiger partial charge in [0.05, 0.1) is 0 Å². The maximum atomic E-state index is 6.48. The minimum atomic E-state index is -0.379. The highest BCUT2D eigenvalue weighted by Gasteiger charge is 2.23. The van der Waals surface area contributed by atoms with E-state index in [0.29, 0.717) is 0 Å². The normalized spacial score (nSPS) is 14.2. The van der Waals surface area contributed by atoms with Gasteiger partial charge in [-0.05, 0) is 49.1 Å². The Morgan fingerprint density at radius 2 is 1.83 bits per heavy atom. The molecule has 0 saturated carbocycles. The molecule has 0 saturated heterocycles. The van der Waals surface area contributed by atoms with Crippen LogP contribution in [-0.4, -0.2) is 0 Å². The zero-order valence-corrected chi connectivity index (χ0v) is 11.5. The minimum absolute atomic E-state index is 0.379. The molecule has 0 aliphatic rings. The summed E-state index contributed by atoms with van der Waals surface area (Å²) >= 11 is 6.01. The first kappa shape index (κ1) is 13.1. The van der Waals surface area contributed by atoms with E-state index >= 15 is 0 Å². The average molecular weight is 260 g/mol. The molecule has 1 atom stereocenters. The van der Waals surface area contributed by atoms with Crippen molar-refractivity contribution in [2.24, 2.45) is 5.73 Å². The first-order valence-corrected chi connectivity index (χ1v) is 6.46. The SMILES string of the molecule is Cc1ccccc1C(C)(N)Cc1cccc(Cl)c1. The van der Waals surface area contributed by atoms with E-state index in [9.17, 15) is 0 Å². The summed E-state index contributed by atoms with van der Waals surface area (Å²) in [7, 11) is 0. The fraction of sp³-hybridized carbons (Fsp3) is 0.250. The van der Waals surface area contributed by atoms with Crippen molar-refractivity contribution in [3.63, 3.8) is 0 Å². The fourth-order valence-electron chi connectivity index (χ4n) is 2.38. The number of aryl methyl sites for hydroxylation is 1. The number of rotatable bonds is 3. The Morgan fingerprint density at radius 1 is 1.11 bits per heavy atom. The number of hydrogen-bond donors (Lipinski definition) is 1. The quantitative estimate of drug-likeness (QED) is 0.884. The second kappa shape index (κ2) is 5.13. The van der Waals surface area contributed by atoms with Gasteiger partial charge < -0.3 is 5.73 Å². The van der Waals surface area contributed by atoms with Crippen molar-refractivity contribution >= 4 is 11.6 Å². The van der Waals surface area contributed by atoms with Gasteiger partial charge >= 0.3 is 0 Å². The molecule has 0 bridgehead atoms. The van der Waals surface area contributed by atoms with Gasteiger partial charge in [-0.1, -0.05) is 48.0 Å². The summed E-state index contributed by atoms with van der Waals surface area (Å²) in [5.41, 5.74) is 9.67. The Labute approximate surface area is 114 Å². The maximum Gasteiger partial charge on any atom is 0.0424 e. The van der Waals surface area contributed by atoms with E-state index in [4.69, 9.17) is 17.3 Å². The predicted octanol–water partition coefficient (Wildman–Crippen LogP) is 4.07. The van der Waals surface area contributed by atoms with E-state index in [1.165, 1.54) is 11.1 Å². The van der Waals surface area contributed by atoms with Crippen molar-refractivity contribution < 1.29 is 0 Å². The van der Waals surface area contributed by atoms with Crippen LogP contribution in [0.2, 0.25) is 5.02 Å². The second-order valence-corrected chi connectivity index (χ2v) is 5.48. The predicted molar refractivity (Wildman–Crippen MR) is 77.9 cm³/mol. The van der Waals surface area contributed by atoms with E-state index in [0.717, 1.165) is 17.0 Å². The third-order valence-electron chi connectivity index (χ3n) is 3.22. The molecule has 2 rings (SSSR count). The number of halogens is 1. The average Bonchev–Trinajstić information content (AvgIpc) is 2.28. The van der Waals surface area contributed by atoms with Crippen LogP contribution in [-0.2, 0) is 12.0 Å². The first-order valence-electron chi connectivity index (χ1n) is 6.08. The lowest BCUT2D eigenvalue weighted by Crippen LogP contribution is -2.36. The smallest absolute Gasteiger partial charge is 0.0424 e. The molecule has 1 nitrogen and oxygen atoms in total. The van der Waals surface area contributed by atoms with Crippen LogP contribution in [0.3, 0.4) is 0 Å². The fourth-order valence-corrected chi connectivity index (χ4v) is 2.59. The van der Waals surface area contributed by atoms with Crippen molar-refractivity contribution in [1.29, 1.82) is 0 Å². The van der Waals surface area contributed by atoms with Gasteiger partial charge in [0.2, 0.25) is 0 Å². The van der Waals surface area contributed by atoms with Crippen LogP contribution in [0.1, 0.15) is 23.6 Å². The molecule has 0 fully saturated rings. The lowest BCUT2D eigenvalue weighted by atomic mass is 9.84.